The number of halogens is 3. The summed E-state index contributed by atoms with van der Waals surface area (Å²) in [4.78, 5) is 48.7. The zero-order valence-corrected chi connectivity index (χ0v) is 27.6. The predicted octanol–water partition coefficient (Wildman–Crippen LogP) is 4.69. The lowest BCUT2D eigenvalue weighted by Crippen LogP contribution is -2.44. The van der Waals surface area contributed by atoms with E-state index in [1.54, 1.807) is 37.5 Å². The Bertz CT molecular complexity index is 2260. The fraction of sp³-hybridized carbons (Fsp3) is 0.212. The van der Waals surface area contributed by atoms with E-state index < -0.39 is 46.4 Å². The van der Waals surface area contributed by atoms with E-state index in [1.165, 1.54) is 41.9 Å². The number of aromatic nitrogens is 4. The van der Waals surface area contributed by atoms with Crippen LogP contribution in [0.4, 0.5) is 14.5 Å². The van der Waals surface area contributed by atoms with Crippen molar-refractivity contribution in [3.05, 3.63) is 89.3 Å². The van der Waals surface area contributed by atoms with Gasteiger partial charge in [-0.3, -0.25) is 19.1 Å². The molecule has 2 atom stereocenters. The Labute approximate surface area is 284 Å². The molecule has 0 aliphatic carbocycles. The molecule has 12 nitrogen and oxygen atoms in total. The number of rotatable bonds is 8. The monoisotopic (exact) mass is 707 g/mol. The summed E-state index contributed by atoms with van der Waals surface area (Å²) in [5.41, 5.74) is 1.63. The molecule has 3 heterocycles. The second-order valence-corrected chi connectivity index (χ2v) is 13.5. The van der Waals surface area contributed by atoms with Crippen LogP contribution in [0.15, 0.2) is 71.9 Å². The zero-order chi connectivity index (χ0) is 35.2. The van der Waals surface area contributed by atoms with Gasteiger partial charge in [0.25, 0.3) is 0 Å². The number of alkyl halides is 1. The number of hydrogen-bond acceptors (Lipinski definition) is 8. The minimum atomic E-state index is -4.13. The summed E-state index contributed by atoms with van der Waals surface area (Å²) in [6.45, 7) is 2.32. The highest BCUT2D eigenvalue weighted by molar-refractivity contribution is 7.89. The number of fused-ring (bicyclic) bond motifs is 1. The maximum atomic E-state index is 15.7. The maximum Gasteiger partial charge on any atom is 0.247 e. The SMILES string of the molecule is CC(=O)c1nn(CC(=O)N2C[C@H](F)C[C@H]2C(=O)Nc2cccc(-c3cc(S(N)(=O)=O)ccc3Cl)c2F)c2ccc(-c3cnc(C)nc3)cc12. The van der Waals surface area contributed by atoms with Crippen LogP contribution in [0.2, 0.25) is 5.02 Å². The van der Waals surface area contributed by atoms with Crippen LogP contribution >= 0.6 is 11.6 Å². The first-order valence-electron chi connectivity index (χ1n) is 14.9. The van der Waals surface area contributed by atoms with E-state index in [0.717, 1.165) is 16.5 Å². The number of hydrogen-bond donors (Lipinski definition) is 2. The molecule has 1 aliphatic rings. The molecule has 3 N–H and O–H groups in total. The van der Waals surface area contributed by atoms with Gasteiger partial charge < -0.3 is 10.2 Å². The Hall–Kier alpha value is -5.12. The van der Waals surface area contributed by atoms with Crippen LogP contribution in [-0.2, 0) is 26.2 Å². The highest BCUT2D eigenvalue weighted by Crippen LogP contribution is 2.35. The quantitative estimate of drug-likeness (QED) is 0.219. The number of carbonyl (C=O) groups excluding carboxylic acids is 3. The Morgan fingerprint density at radius 3 is 2.47 bits per heavy atom. The number of amides is 2. The molecule has 1 saturated heterocycles. The van der Waals surface area contributed by atoms with Gasteiger partial charge in [-0.2, -0.15) is 5.10 Å². The highest BCUT2D eigenvalue weighted by Gasteiger charge is 2.40. The van der Waals surface area contributed by atoms with Gasteiger partial charge in [-0.05, 0) is 48.9 Å². The van der Waals surface area contributed by atoms with Crippen molar-refractivity contribution in [2.24, 2.45) is 5.14 Å². The van der Waals surface area contributed by atoms with Crippen LogP contribution in [-0.4, -0.2) is 69.4 Å². The highest BCUT2D eigenvalue weighted by atomic mass is 35.5. The largest absolute Gasteiger partial charge is 0.326 e. The number of aryl methyl sites for hydroxylation is 1. The molecule has 0 spiro atoms. The summed E-state index contributed by atoms with van der Waals surface area (Å²) >= 11 is 6.24. The van der Waals surface area contributed by atoms with Crippen molar-refractivity contribution in [1.82, 2.24) is 24.6 Å². The van der Waals surface area contributed by atoms with E-state index in [-0.39, 0.29) is 51.2 Å². The van der Waals surface area contributed by atoms with Gasteiger partial charge >= 0.3 is 0 Å². The predicted molar refractivity (Wildman–Crippen MR) is 177 cm³/mol. The van der Waals surface area contributed by atoms with Crippen molar-refractivity contribution in [2.75, 3.05) is 11.9 Å². The van der Waals surface area contributed by atoms with Crippen molar-refractivity contribution in [3.8, 4) is 22.3 Å². The first-order chi connectivity index (χ1) is 23.2. The molecule has 0 unspecified atom stereocenters. The van der Waals surface area contributed by atoms with Gasteiger partial charge in [0.05, 0.1) is 22.6 Å². The third-order valence-electron chi connectivity index (χ3n) is 8.17. The lowest BCUT2D eigenvalue weighted by Gasteiger charge is -2.24. The molecule has 1 fully saturated rings. The molecule has 0 radical (unpaired) electrons. The Kier molecular flexibility index (Phi) is 9.00. The van der Waals surface area contributed by atoms with E-state index in [2.05, 4.69) is 20.4 Å². The second kappa shape index (κ2) is 13.1. The van der Waals surface area contributed by atoms with Gasteiger partial charge in [-0.15, -0.1) is 0 Å². The fourth-order valence-electron chi connectivity index (χ4n) is 5.75. The van der Waals surface area contributed by atoms with Crippen molar-refractivity contribution in [2.45, 2.75) is 43.9 Å². The third-order valence-corrected chi connectivity index (χ3v) is 9.41. The van der Waals surface area contributed by atoms with E-state index in [0.29, 0.717) is 22.3 Å². The number of ketones is 1. The minimum Gasteiger partial charge on any atom is -0.326 e. The molecule has 2 amide bonds. The van der Waals surface area contributed by atoms with E-state index in [4.69, 9.17) is 16.7 Å². The van der Waals surface area contributed by atoms with Gasteiger partial charge in [-0.1, -0.05) is 29.8 Å². The molecular weight excluding hydrogens is 680 g/mol. The van der Waals surface area contributed by atoms with Crippen molar-refractivity contribution in [3.63, 3.8) is 0 Å². The van der Waals surface area contributed by atoms with Crippen LogP contribution < -0.4 is 10.5 Å². The Morgan fingerprint density at radius 1 is 1.04 bits per heavy atom. The van der Waals surface area contributed by atoms with E-state index in [9.17, 15) is 27.2 Å². The van der Waals surface area contributed by atoms with Crippen molar-refractivity contribution < 1.29 is 31.6 Å². The second-order valence-electron chi connectivity index (χ2n) is 11.6. The summed E-state index contributed by atoms with van der Waals surface area (Å²) < 4.78 is 55.6. The summed E-state index contributed by atoms with van der Waals surface area (Å²) in [7, 11) is -4.13. The van der Waals surface area contributed by atoms with Crippen LogP contribution in [0.25, 0.3) is 33.2 Å². The van der Waals surface area contributed by atoms with Gasteiger partial charge in [0, 0.05) is 52.8 Å². The van der Waals surface area contributed by atoms with Crippen LogP contribution in [0.1, 0.15) is 29.7 Å². The van der Waals surface area contributed by atoms with Gasteiger partial charge in [-0.25, -0.2) is 32.3 Å². The molecule has 0 saturated carbocycles. The van der Waals surface area contributed by atoms with Crippen molar-refractivity contribution >= 4 is 55.8 Å². The smallest absolute Gasteiger partial charge is 0.247 e. The van der Waals surface area contributed by atoms with E-state index >= 15 is 4.39 Å². The molecule has 2 aromatic heterocycles. The van der Waals surface area contributed by atoms with Crippen molar-refractivity contribution in [1.29, 1.82) is 0 Å². The topological polar surface area (TPSA) is 170 Å². The first-order valence-corrected chi connectivity index (χ1v) is 16.8. The Morgan fingerprint density at radius 2 is 1.78 bits per heavy atom. The van der Waals surface area contributed by atoms with Gasteiger partial charge in [0.15, 0.2) is 11.6 Å². The molecule has 1 aliphatic heterocycles. The number of anilines is 1. The maximum absolute atomic E-state index is 15.7. The third kappa shape index (κ3) is 6.77. The minimum absolute atomic E-state index is 0.0129. The Balaban J connectivity index is 1.25. The zero-order valence-electron chi connectivity index (χ0n) is 26.0. The molecular formula is C33H28ClF2N7O5S. The molecule has 6 rings (SSSR count). The summed E-state index contributed by atoms with van der Waals surface area (Å²) in [5.74, 6) is -2.15. The number of carbonyl (C=O) groups is 3. The molecule has 0 bridgehead atoms. The van der Waals surface area contributed by atoms with Gasteiger partial charge in [0.1, 0.15) is 30.3 Å². The number of nitrogens with zero attached hydrogens (tertiary/aromatic N) is 5. The molecule has 49 heavy (non-hydrogen) atoms. The normalized spacial score (nSPS) is 16.2. The summed E-state index contributed by atoms with van der Waals surface area (Å²) in [5, 5.41) is 12.5. The molecule has 5 aromatic rings. The molecule has 16 heteroatoms. The number of Topliss-reactive ketones (excluding diaryl/α,β-unsaturated/α-hetero) is 1. The average Bonchev–Trinajstić information content (AvgIpc) is 3.62. The van der Waals surface area contributed by atoms with Crippen LogP contribution in [0, 0.1) is 12.7 Å². The lowest BCUT2D eigenvalue weighted by atomic mass is 10.0. The van der Waals surface area contributed by atoms with Crippen LogP contribution in [0.3, 0.4) is 0 Å². The molecule has 3 aromatic carbocycles. The van der Waals surface area contributed by atoms with E-state index in [1.807, 2.05) is 0 Å². The number of likely N-dealkylation sites (tertiary alicyclic amines) is 1. The standard InChI is InChI=1S/C33H28ClF2N7O5S/c1-17(44)32-25-10-19(20-13-38-18(2)39-14-20)6-9-28(25)43(41-32)16-30(45)42-15-21(35)11-29(42)33(46)40-27-5-3-4-23(31(27)36)24-12-22(49(37,47)48)7-8-26(24)34/h3-10,12-14,21,29H,11,15-16H2,1-2H3,(H,40,46)(H2,37,47,48)/t21-,29+/m1/s1. The summed E-state index contributed by atoms with van der Waals surface area (Å²) in [6.07, 6.45) is 1.44. The number of nitrogens with two attached hydrogens (primary N) is 1. The molecule has 252 valence electrons. The summed E-state index contributed by atoms with van der Waals surface area (Å²) in [6, 6.07) is 11.5. The number of sulfonamides is 1. The number of nitrogens with one attached hydrogen (secondary N) is 1. The van der Waals surface area contributed by atoms with Gasteiger partial charge in [0.2, 0.25) is 21.8 Å². The average molecular weight is 708 g/mol. The lowest BCUT2D eigenvalue weighted by molar-refractivity contribution is -0.137. The number of primary sulfonamides is 1. The number of benzene rings is 3. The van der Waals surface area contributed by atoms with Crippen LogP contribution in [0.5, 0.6) is 0 Å². The first kappa shape index (κ1) is 33.8. The fourth-order valence-corrected chi connectivity index (χ4v) is 6.51.